The number of aliphatic hydroxyl groups excluding tert-OH is 2. The third-order valence-electron chi connectivity index (χ3n) is 17.0. The van der Waals surface area contributed by atoms with Gasteiger partial charge in [0.2, 0.25) is 0 Å². The molecule has 9 nitrogen and oxygen atoms in total. The van der Waals surface area contributed by atoms with Crippen LogP contribution in [0.5, 0.6) is 0 Å². The maximum absolute atomic E-state index is 14.2. The number of carboxylic acid groups (broad SMARTS) is 1. The number of allylic oxidation sites excluding steroid dienone is 1. The maximum Gasteiger partial charge on any atom is 0.306 e. The van der Waals surface area contributed by atoms with E-state index in [9.17, 15) is 24.6 Å². The summed E-state index contributed by atoms with van der Waals surface area (Å²) >= 11 is 6.23. The van der Waals surface area contributed by atoms with Gasteiger partial charge >= 0.3 is 11.9 Å². The Labute approximate surface area is 399 Å². The number of Topliss-reactive ketones (excluding diaryl/α,β-unsaturated/α-hetero) is 1. The van der Waals surface area contributed by atoms with Crippen LogP contribution in [0.25, 0.3) is 0 Å². The SMILES string of the molecule is C=CO.CC(C)C1=C2C3CCC4C(C)(CCC5C(C)C(OC(=O)CC(C)(C)CC(=O)O)CCC54C)C3CCC2(C(O)CN(CCN(C)C)Cc2ccc(Cl)cc2)CC1=O.CCC(C)(C)C. The summed E-state index contributed by atoms with van der Waals surface area (Å²) in [7, 11) is 4.17. The number of aliphatic carboxylic acids is 1. The summed E-state index contributed by atoms with van der Waals surface area (Å²) in [6.07, 6.45) is 9.86. The van der Waals surface area contributed by atoms with Crippen molar-refractivity contribution in [3.8, 4) is 0 Å². The Balaban J connectivity index is 0.000000938. The van der Waals surface area contributed by atoms with Crippen LogP contribution < -0.4 is 0 Å². The number of likely N-dealkylation sites (N-methyl/N-ethyl adjacent to an activating group) is 1. The second-order valence-electron chi connectivity index (χ2n) is 23.9. The third kappa shape index (κ3) is 12.9. The van der Waals surface area contributed by atoms with Gasteiger partial charge in [0.1, 0.15) is 6.10 Å². The highest BCUT2D eigenvalue weighted by Crippen LogP contribution is 2.72. The number of nitrogens with zero attached hydrogens (tertiary/aromatic N) is 2. The summed E-state index contributed by atoms with van der Waals surface area (Å²) in [5.41, 5.74) is 3.14. The minimum absolute atomic E-state index is 0.0607. The number of esters is 1. The predicted octanol–water partition coefficient (Wildman–Crippen LogP) is 12.2. The molecule has 0 radical (unpaired) electrons. The van der Waals surface area contributed by atoms with Crippen molar-refractivity contribution in [1.82, 2.24) is 9.80 Å². The number of carboxylic acids is 1. The fourth-order valence-corrected chi connectivity index (χ4v) is 13.6. The van der Waals surface area contributed by atoms with Crippen molar-refractivity contribution in [2.75, 3.05) is 33.7 Å². The van der Waals surface area contributed by atoms with E-state index in [0.29, 0.717) is 47.1 Å². The van der Waals surface area contributed by atoms with Gasteiger partial charge in [0.15, 0.2) is 5.78 Å². The first-order valence-electron chi connectivity index (χ1n) is 24.9. The molecular weight excluding hydrogens is 836 g/mol. The predicted molar refractivity (Wildman–Crippen MR) is 265 cm³/mol. The molecule has 0 aliphatic heterocycles. The lowest BCUT2D eigenvalue weighted by Crippen LogP contribution is -2.61. The Hall–Kier alpha value is -2.72. The van der Waals surface area contributed by atoms with Crippen LogP contribution in [0, 0.1) is 62.6 Å². The minimum Gasteiger partial charge on any atom is -0.516 e. The van der Waals surface area contributed by atoms with Crippen LogP contribution >= 0.6 is 11.6 Å². The molecule has 0 aromatic heterocycles. The normalized spacial score (nSPS) is 31.4. The quantitative estimate of drug-likeness (QED) is 0.123. The van der Waals surface area contributed by atoms with Gasteiger partial charge in [-0.2, -0.15) is 0 Å². The standard InChI is InChI=1S/C47H71ClN2O6.C6H14.C2H4O/c1-29(2)42-36(51)24-47(39(52)28-50(23-22-49(8)9)27-31-10-12-32(48)13-11-31)21-17-35-33(43(42)47)14-15-38-45(6)20-18-37(30(3)34(45)16-19-46(35,38)7)56-41(55)26-44(4,5)25-40(53)54;1-5-6(2,3)4;1-2-3/h10-13,29-30,33-35,37-39,52H,14-28H2,1-9H3,(H,53,54);5H2,1-4H3;2-3H,1H2. The number of ketones is 1. The van der Waals surface area contributed by atoms with E-state index < -0.39 is 22.9 Å². The summed E-state index contributed by atoms with van der Waals surface area (Å²) in [5.74, 6) is 1.21. The molecular formula is C55H89ClN2O7. The van der Waals surface area contributed by atoms with Gasteiger partial charge in [-0.1, -0.05) is 118 Å². The van der Waals surface area contributed by atoms with E-state index in [4.69, 9.17) is 21.4 Å². The Kier molecular flexibility index (Phi) is 18.7. The molecule has 1 aromatic carbocycles. The number of aliphatic hydroxyl groups is 2. The maximum atomic E-state index is 14.2. The zero-order valence-corrected chi connectivity index (χ0v) is 43.5. The van der Waals surface area contributed by atoms with Gasteiger partial charge in [-0.25, -0.2) is 0 Å². The van der Waals surface area contributed by atoms with E-state index in [0.717, 1.165) is 82.8 Å². The number of benzene rings is 1. The molecule has 0 spiro atoms. The number of carbonyl (C=O) groups excluding carboxylic acids is 2. The van der Waals surface area contributed by atoms with E-state index in [-0.39, 0.29) is 53.4 Å². The van der Waals surface area contributed by atoms with Gasteiger partial charge in [-0.3, -0.25) is 19.3 Å². The van der Waals surface area contributed by atoms with E-state index in [1.165, 1.54) is 17.6 Å². The average Bonchev–Trinajstić information content (AvgIpc) is 3.52. The number of rotatable bonds is 14. The summed E-state index contributed by atoms with van der Waals surface area (Å²) < 4.78 is 6.17. The molecule has 10 heteroatoms. The summed E-state index contributed by atoms with van der Waals surface area (Å²) in [6.45, 7) is 30.2. The zero-order chi connectivity index (χ0) is 48.9. The Morgan fingerprint density at radius 2 is 1.51 bits per heavy atom. The smallest absolute Gasteiger partial charge is 0.306 e. The number of ether oxygens (including phenoxy) is 1. The van der Waals surface area contributed by atoms with Crippen molar-refractivity contribution in [2.24, 2.45) is 62.6 Å². The van der Waals surface area contributed by atoms with Crippen LogP contribution in [0.1, 0.15) is 159 Å². The summed E-state index contributed by atoms with van der Waals surface area (Å²) in [4.78, 5) is 43.3. The summed E-state index contributed by atoms with van der Waals surface area (Å²) in [5, 5.41) is 30.0. The number of hydrogen-bond donors (Lipinski definition) is 3. The van der Waals surface area contributed by atoms with Crippen molar-refractivity contribution >= 4 is 29.3 Å². The molecule has 0 bridgehead atoms. The first kappa shape index (κ1) is 54.9. The lowest BCUT2D eigenvalue weighted by molar-refractivity contribution is -0.193. The Bertz CT molecular complexity index is 1820. The fraction of sp³-hybridized carbons (Fsp3) is 0.764. The first-order chi connectivity index (χ1) is 30.2. The summed E-state index contributed by atoms with van der Waals surface area (Å²) in [6, 6.07) is 8.01. The fourth-order valence-electron chi connectivity index (χ4n) is 13.4. The molecule has 3 N–H and O–H groups in total. The highest BCUT2D eigenvalue weighted by molar-refractivity contribution is 6.30. The van der Waals surface area contributed by atoms with Gasteiger partial charge < -0.3 is 25.0 Å². The topological polar surface area (TPSA) is 128 Å². The molecule has 1 aromatic rings. The lowest BCUT2D eigenvalue weighted by atomic mass is 9.38. The number of fused-ring (bicyclic) bond motifs is 7. The van der Waals surface area contributed by atoms with E-state index in [1.807, 2.05) is 26.0 Å². The van der Waals surface area contributed by atoms with Gasteiger partial charge in [0.05, 0.1) is 25.2 Å². The van der Waals surface area contributed by atoms with Crippen molar-refractivity contribution in [1.29, 1.82) is 0 Å². The molecule has 10 unspecified atom stereocenters. The third-order valence-corrected chi connectivity index (χ3v) is 17.3. The van der Waals surface area contributed by atoms with Crippen molar-refractivity contribution in [3.05, 3.63) is 58.8 Å². The molecule has 0 heterocycles. The average molecular weight is 926 g/mol. The van der Waals surface area contributed by atoms with Crippen molar-refractivity contribution in [3.63, 3.8) is 0 Å². The van der Waals surface area contributed by atoms with Gasteiger partial charge in [-0.05, 0) is 146 Å². The second-order valence-corrected chi connectivity index (χ2v) is 24.3. The molecule has 368 valence electrons. The highest BCUT2D eigenvalue weighted by atomic mass is 35.5. The Morgan fingerprint density at radius 1 is 0.938 bits per heavy atom. The molecule has 10 atom stereocenters. The number of carbonyl (C=O) groups is 3. The van der Waals surface area contributed by atoms with Gasteiger partial charge in [0, 0.05) is 43.0 Å². The second kappa shape index (κ2) is 22.1. The molecule has 6 rings (SSSR count). The van der Waals surface area contributed by atoms with Crippen LogP contribution in [-0.4, -0.2) is 88.8 Å². The molecule has 5 aliphatic carbocycles. The first-order valence-corrected chi connectivity index (χ1v) is 25.3. The molecule has 4 saturated carbocycles. The molecule has 5 aliphatic rings. The van der Waals surface area contributed by atoms with Crippen molar-refractivity contribution < 1.29 is 34.4 Å². The Morgan fingerprint density at radius 3 is 2.06 bits per heavy atom. The highest BCUT2D eigenvalue weighted by Gasteiger charge is 2.66. The van der Waals surface area contributed by atoms with E-state index >= 15 is 0 Å². The zero-order valence-electron chi connectivity index (χ0n) is 42.8. The van der Waals surface area contributed by atoms with Crippen LogP contribution in [0.4, 0.5) is 0 Å². The van der Waals surface area contributed by atoms with Crippen LogP contribution in [0.3, 0.4) is 0 Å². The van der Waals surface area contributed by atoms with Crippen LogP contribution in [0.2, 0.25) is 5.02 Å². The molecule has 0 amide bonds. The van der Waals surface area contributed by atoms with Gasteiger partial charge in [0.25, 0.3) is 0 Å². The van der Waals surface area contributed by atoms with E-state index in [2.05, 4.69) is 105 Å². The van der Waals surface area contributed by atoms with Gasteiger partial charge in [-0.15, -0.1) is 0 Å². The number of hydrogen-bond acceptors (Lipinski definition) is 8. The van der Waals surface area contributed by atoms with Crippen molar-refractivity contribution in [2.45, 2.75) is 172 Å². The molecule has 65 heavy (non-hydrogen) atoms. The van der Waals surface area contributed by atoms with Crippen LogP contribution in [-0.2, 0) is 25.7 Å². The largest absolute Gasteiger partial charge is 0.516 e. The minimum atomic E-state index is -0.895. The number of halogens is 1. The monoisotopic (exact) mass is 925 g/mol. The molecule has 4 fully saturated rings. The van der Waals surface area contributed by atoms with E-state index in [1.54, 1.807) is 0 Å². The lowest BCUT2D eigenvalue weighted by Gasteiger charge is -2.67. The molecule has 0 saturated heterocycles. The van der Waals surface area contributed by atoms with Crippen LogP contribution in [0.15, 0.2) is 48.3 Å².